The number of piperidine rings is 1. The second-order valence-electron chi connectivity index (χ2n) is 5.12. The molecule has 1 aliphatic rings. The van der Waals surface area contributed by atoms with Gasteiger partial charge in [0.2, 0.25) is 0 Å². The number of rotatable bonds is 5. The Morgan fingerprint density at radius 3 is 2.58 bits per heavy atom. The van der Waals surface area contributed by atoms with Crippen molar-refractivity contribution >= 4 is 6.08 Å². The first-order valence-corrected chi connectivity index (χ1v) is 6.92. The molecular weight excluding hydrogens is 238 g/mol. The van der Waals surface area contributed by atoms with Crippen LogP contribution in [0.15, 0.2) is 35.9 Å². The predicted octanol–water partition coefficient (Wildman–Crippen LogP) is 2.17. The first kappa shape index (κ1) is 14.3. The maximum absolute atomic E-state index is 9.72. The van der Waals surface area contributed by atoms with E-state index in [1.807, 2.05) is 6.07 Å². The van der Waals surface area contributed by atoms with Crippen molar-refractivity contribution < 1.29 is 9.84 Å². The molecule has 0 aromatic heterocycles. The van der Waals surface area contributed by atoms with E-state index in [1.165, 1.54) is 11.1 Å². The van der Waals surface area contributed by atoms with E-state index in [1.54, 1.807) is 7.11 Å². The third-order valence-corrected chi connectivity index (χ3v) is 3.50. The maximum atomic E-state index is 9.72. The molecule has 104 valence electrons. The molecule has 1 unspecified atom stereocenters. The van der Waals surface area contributed by atoms with Gasteiger partial charge in [-0.1, -0.05) is 42.0 Å². The number of ether oxygens (including phenoxy) is 1. The Morgan fingerprint density at radius 1 is 1.26 bits per heavy atom. The van der Waals surface area contributed by atoms with Gasteiger partial charge in [-0.3, -0.25) is 0 Å². The third kappa shape index (κ3) is 4.78. The minimum absolute atomic E-state index is 0.371. The van der Waals surface area contributed by atoms with Crippen LogP contribution in [-0.4, -0.2) is 49.5 Å². The predicted molar refractivity (Wildman–Crippen MR) is 78.0 cm³/mol. The van der Waals surface area contributed by atoms with E-state index in [9.17, 15) is 5.11 Å². The summed E-state index contributed by atoms with van der Waals surface area (Å²) in [5.74, 6) is 0. The van der Waals surface area contributed by atoms with Crippen LogP contribution >= 0.6 is 0 Å². The highest BCUT2D eigenvalue weighted by molar-refractivity contribution is 5.52. The number of β-amino-alcohol motifs (C(OH)–C–C–N with tert-alkyl or cyclic N) is 1. The molecule has 19 heavy (non-hydrogen) atoms. The molecule has 0 amide bonds. The van der Waals surface area contributed by atoms with Crippen LogP contribution in [0.2, 0.25) is 0 Å². The second kappa shape index (κ2) is 7.43. The SMILES string of the molecule is COCC(O)CN1CCC(=Cc2ccccc2)CC1. The van der Waals surface area contributed by atoms with Crippen molar-refractivity contribution in [1.29, 1.82) is 0 Å². The lowest BCUT2D eigenvalue weighted by Crippen LogP contribution is -2.38. The highest BCUT2D eigenvalue weighted by Crippen LogP contribution is 2.19. The van der Waals surface area contributed by atoms with Crippen LogP contribution < -0.4 is 0 Å². The van der Waals surface area contributed by atoms with Crippen molar-refractivity contribution in [2.45, 2.75) is 18.9 Å². The molecule has 1 aliphatic heterocycles. The van der Waals surface area contributed by atoms with Crippen molar-refractivity contribution in [3.63, 3.8) is 0 Å². The Morgan fingerprint density at radius 2 is 1.95 bits per heavy atom. The maximum Gasteiger partial charge on any atom is 0.0900 e. The Kier molecular flexibility index (Phi) is 5.58. The summed E-state index contributed by atoms with van der Waals surface area (Å²) >= 11 is 0. The molecule has 3 heteroatoms. The fourth-order valence-electron chi connectivity index (χ4n) is 2.50. The monoisotopic (exact) mass is 261 g/mol. The van der Waals surface area contributed by atoms with E-state index in [2.05, 4.69) is 35.2 Å². The smallest absolute Gasteiger partial charge is 0.0900 e. The lowest BCUT2D eigenvalue weighted by molar-refractivity contribution is 0.0360. The molecule has 1 aromatic rings. The number of hydrogen-bond donors (Lipinski definition) is 1. The van der Waals surface area contributed by atoms with Crippen molar-refractivity contribution in [2.24, 2.45) is 0 Å². The van der Waals surface area contributed by atoms with Crippen molar-refractivity contribution in [1.82, 2.24) is 4.90 Å². The van der Waals surface area contributed by atoms with Gasteiger partial charge in [-0.15, -0.1) is 0 Å². The molecule has 2 rings (SSSR count). The zero-order valence-corrected chi connectivity index (χ0v) is 11.6. The van der Waals surface area contributed by atoms with Crippen LogP contribution in [0.1, 0.15) is 18.4 Å². The van der Waals surface area contributed by atoms with Crippen LogP contribution in [0.5, 0.6) is 0 Å². The second-order valence-corrected chi connectivity index (χ2v) is 5.12. The number of methoxy groups -OCH3 is 1. The average molecular weight is 261 g/mol. The summed E-state index contributed by atoms with van der Waals surface area (Å²) in [6, 6.07) is 10.5. The van der Waals surface area contributed by atoms with Gasteiger partial charge in [-0.05, 0) is 18.4 Å². The Labute approximate surface area is 115 Å². The van der Waals surface area contributed by atoms with Crippen LogP contribution in [0.25, 0.3) is 6.08 Å². The topological polar surface area (TPSA) is 32.7 Å². The fraction of sp³-hybridized carbons (Fsp3) is 0.500. The normalized spacial score (nSPS) is 18.3. The molecule has 0 radical (unpaired) electrons. The zero-order valence-electron chi connectivity index (χ0n) is 11.6. The largest absolute Gasteiger partial charge is 0.389 e. The highest BCUT2D eigenvalue weighted by Gasteiger charge is 2.16. The standard InChI is InChI=1S/C16H23NO2/c1-19-13-16(18)12-17-9-7-15(8-10-17)11-14-5-3-2-4-6-14/h2-6,11,16,18H,7-10,12-13H2,1H3. The van der Waals surface area contributed by atoms with E-state index in [0.717, 1.165) is 25.9 Å². The van der Waals surface area contributed by atoms with Gasteiger partial charge in [0, 0.05) is 26.7 Å². The summed E-state index contributed by atoms with van der Waals surface area (Å²) in [5, 5.41) is 9.72. The van der Waals surface area contributed by atoms with Gasteiger partial charge in [0.15, 0.2) is 0 Å². The van der Waals surface area contributed by atoms with Gasteiger partial charge in [-0.25, -0.2) is 0 Å². The molecule has 1 N–H and O–H groups in total. The Hall–Kier alpha value is -1.16. The van der Waals surface area contributed by atoms with Crippen LogP contribution in [0, 0.1) is 0 Å². The molecule has 0 spiro atoms. The van der Waals surface area contributed by atoms with Crippen LogP contribution in [0.3, 0.4) is 0 Å². The molecule has 0 aliphatic carbocycles. The van der Waals surface area contributed by atoms with E-state index < -0.39 is 0 Å². The Balaban J connectivity index is 1.81. The summed E-state index contributed by atoms with van der Waals surface area (Å²) in [7, 11) is 1.63. The first-order valence-electron chi connectivity index (χ1n) is 6.92. The number of benzene rings is 1. The third-order valence-electron chi connectivity index (χ3n) is 3.50. The molecule has 3 nitrogen and oxygen atoms in total. The molecular formula is C16H23NO2. The molecule has 0 bridgehead atoms. The summed E-state index contributed by atoms with van der Waals surface area (Å²) < 4.78 is 4.96. The number of likely N-dealkylation sites (tertiary alicyclic amines) is 1. The van der Waals surface area contributed by atoms with Gasteiger partial charge < -0.3 is 14.7 Å². The number of nitrogens with zero attached hydrogens (tertiary/aromatic N) is 1. The van der Waals surface area contributed by atoms with Gasteiger partial charge in [0.25, 0.3) is 0 Å². The van der Waals surface area contributed by atoms with Gasteiger partial charge in [-0.2, -0.15) is 0 Å². The van der Waals surface area contributed by atoms with Crippen molar-refractivity contribution in [3.8, 4) is 0 Å². The zero-order chi connectivity index (χ0) is 13.5. The molecule has 0 saturated carbocycles. The molecule has 1 saturated heterocycles. The van der Waals surface area contributed by atoms with Crippen molar-refractivity contribution in [2.75, 3.05) is 33.4 Å². The lowest BCUT2D eigenvalue weighted by atomic mass is 10.0. The minimum Gasteiger partial charge on any atom is -0.389 e. The van der Waals surface area contributed by atoms with E-state index in [4.69, 9.17) is 4.74 Å². The molecule has 1 heterocycles. The van der Waals surface area contributed by atoms with Gasteiger partial charge in [0.05, 0.1) is 12.7 Å². The summed E-state index contributed by atoms with van der Waals surface area (Å²) in [6.07, 6.45) is 4.11. The van der Waals surface area contributed by atoms with Gasteiger partial charge in [0.1, 0.15) is 0 Å². The fourth-order valence-corrected chi connectivity index (χ4v) is 2.50. The molecule has 1 aromatic carbocycles. The van der Waals surface area contributed by atoms with E-state index >= 15 is 0 Å². The summed E-state index contributed by atoms with van der Waals surface area (Å²) in [6.45, 7) is 3.19. The van der Waals surface area contributed by atoms with Crippen molar-refractivity contribution in [3.05, 3.63) is 41.5 Å². The molecule has 1 fully saturated rings. The minimum atomic E-state index is -0.371. The first-order chi connectivity index (χ1) is 9.28. The molecule has 1 atom stereocenters. The average Bonchev–Trinajstić information content (AvgIpc) is 2.42. The summed E-state index contributed by atoms with van der Waals surface area (Å²) in [5.41, 5.74) is 2.79. The summed E-state index contributed by atoms with van der Waals surface area (Å²) in [4.78, 5) is 2.31. The highest BCUT2D eigenvalue weighted by atomic mass is 16.5. The van der Waals surface area contributed by atoms with Crippen LogP contribution in [0.4, 0.5) is 0 Å². The quantitative estimate of drug-likeness (QED) is 0.882. The van der Waals surface area contributed by atoms with Crippen LogP contribution in [-0.2, 0) is 4.74 Å². The van der Waals surface area contributed by atoms with E-state index in [-0.39, 0.29) is 6.10 Å². The number of aliphatic hydroxyl groups excluding tert-OH is 1. The number of aliphatic hydroxyl groups is 1. The Bertz CT molecular complexity index is 392. The van der Waals surface area contributed by atoms with E-state index in [0.29, 0.717) is 13.2 Å². The van der Waals surface area contributed by atoms with Gasteiger partial charge >= 0.3 is 0 Å². The number of hydrogen-bond acceptors (Lipinski definition) is 3. The lowest BCUT2D eigenvalue weighted by Gasteiger charge is -2.29.